The van der Waals surface area contributed by atoms with Crippen molar-refractivity contribution in [3.05, 3.63) is 24.3 Å². The van der Waals surface area contributed by atoms with Crippen LogP contribution in [-0.4, -0.2) is 60.6 Å². The van der Waals surface area contributed by atoms with Gasteiger partial charge in [0.25, 0.3) is 0 Å². The number of nitrogens with zero attached hydrogens (tertiary/aromatic N) is 2. The Kier molecular flexibility index (Phi) is 6.97. The van der Waals surface area contributed by atoms with Crippen LogP contribution in [-0.2, 0) is 9.59 Å². The van der Waals surface area contributed by atoms with Crippen LogP contribution >= 0.6 is 11.8 Å². The number of nitrogens with one attached hydrogen (secondary N) is 1. The van der Waals surface area contributed by atoms with Crippen molar-refractivity contribution in [1.82, 2.24) is 9.80 Å². The van der Waals surface area contributed by atoms with E-state index in [1.54, 1.807) is 11.8 Å². The number of hydrogen-bond acceptors (Lipinski definition) is 4. The van der Waals surface area contributed by atoms with Gasteiger partial charge in [-0.1, -0.05) is 6.07 Å². The number of benzene rings is 1. The summed E-state index contributed by atoms with van der Waals surface area (Å²) in [5, 5.41) is 2.98. The van der Waals surface area contributed by atoms with E-state index in [0.29, 0.717) is 12.5 Å². The Labute approximate surface area is 160 Å². The summed E-state index contributed by atoms with van der Waals surface area (Å²) in [5.74, 6) is 0.498. The summed E-state index contributed by atoms with van der Waals surface area (Å²) in [6.07, 6.45) is 7.29. The van der Waals surface area contributed by atoms with E-state index in [1.165, 1.54) is 6.42 Å². The highest BCUT2D eigenvalue weighted by atomic mass is 32.2. The van der Waals surface area contributed by atoms with Crippen molar-refractivity contribution < 1.29 is 9.59 Å². The van der Waals surface area contributed by atoms with Crippen LogP contribution in [0.5, 0.6) is 0 Å². The van der Waals surface area contributed by atoms with Crippen LogP contribution in [0.3, 0.4) is 0 Å². The molecule has 2 aliphatic rings. The van der Waals surface area contributed by atoms with Crippen LogP contribution in [0, 0.1) is 5.92 Å². The lowest BCUT2D eigenvalue weighted by molar-refractivity contribution is -0.138. The van der Waals surface area contributed by atoms with Crippen LogP contribution in [0.15, 0.2) is 29.2 Å². The highest BCUT2D eigenvalue weighted by Crippen LogP contribution is 2.22. The molecule has 6 heteroatoms. The van der Waals surface area contributed by atoms with Gasteiger partial charge in [0.2, 0.25) is 11.8 Å². The molecule has 2 amide bonds. The second kappa shape index (κ2) is 9.42. The van der Waals surface area contributed by atoms with Crippen LogP contribution in [0.1, 0.15) is 32.1 Å². The first-order chi connectivity index (χ1) is 12.7. The van der Waals surface area contributed by atoms with Gasteiger partial charge >= 0.3 is 0 Å². The number of piperidine rings is 2. The molecule has 0 aliphatic carbocycles. The van der Waals surface area contributed by atoms with Gasteiger partial charge in [0, 0.05) is 29.6 Å². The molecule has 142 valence electrons. The van der Waals surface area contributed by atoms with Crippen molar-refractivity contribution in [1.29, 1.82) is 0 Å². The maximum atomic E-state index is 12.6. The zero-order valence-electron chi connectivity index (χ0n) is 15.6. The average molecular weight is 376 g/mol. The van der Waals surface area contributed by atoms with Crippen molar-refractivity contribution in [2.24, 2.45) is 5.92 Å². The van der Waals surface area contributed by atoms with Gasteiger partial charge in [0.15, 0.2) is 0 Å². The third kappa shape index (κ3) is 5.24. The molecule has 0 spiro atoms. The molecular formula is C20H29N3O2S. The van der Waals surface area contributed by atoms with E-state index in [2.05, 4.69) is 15.1 Å². The topological polar surface area (TPSA) is 52.7 Å². The Morgan fingerprint density at radius 3 is 2.54 bits per heavy atom. The predicted molar refractivity (Wildman–Crippen MR) is 106 cm³/mol. The molecule has 0 atom stereocenters. The summed E-state index contributed by atoms with van der Waals surface area (Å²) in [6.45, 7) is 3.90. The van der Waals surface area contributed by atoms with Crippen LogP contribution in [0.2, 0.25) is 0 Å². The summed E-state index contributed by atoms with van der Waals surface area (Å²) in [7, 11) is 0. The summed E-state index contributed by atoms with van der Waals surface area (Å²) in [6, 6.07) is 7.90. The van der Waals surface area contributed by atoms with E-state index in [4.69, 9.17) is 0 Å². The maximum Gasteiger partial charge on any atom is 0.238 e. The lowest BCUT2D eigenvalue weighted by atomic mass is 9.94. The van der Waals surface area contributed by atoms with Crippen molar-refractivity contribution in [2.75, 3.05) is 44.3 Å². The van der Waals surface area contributed by atoms with E-state index in [-0.39, 0.29) is 11.8 Å². The standard InChI is InChI=1S/C20H29N3O2S/c1-26-18-7-5-6-17(14-18)21-19(24)15-22-12-8-16(9-13-22)20(25)23-10-3-2-4-11-23/h5-7,14,16H,2-4,8-13,15H2,1H3,(H,21,24). The van der Waals surface area contributed by atoms with Crippen LogP contribution in [0.4, 0.5) is 5.69 Å². The minimum absolute atomic E-state index is 0.0176. The van der Waals surface area contributed by atoms with Gasteiger partial charge in [-0.05, 0) is 69.6 Å². The first-order valence-electron chi connectivity index (χ1n) is 9.61. The Bertz CT molecular complexity index is 623. The Balaban J connectivity index is 1.43. The van der Waals surface area contributed by atoms with Gasteiger partial charge in [-0.2, -0.15) is 0 Å². The summed E-state index contributed by atoms with van der Waals surface area (Å²) < 4.78 is 0. The number of hydrogen-bond donors (Lipinski definition) is 1. The lowest BCUT2D eigenvalue weighted by Crippen LogP contribution is -2.45. The summed E-state index contributed by atoms with van der Waals surface area (Å²) in [5.41, 5.74) is 0.844. The van der Waals surface area contributed by atoms with Gasteiger partial charge in [-0.3, -0.25) is 14.5 Å². The lowest BCUT2D eigenvalue weighted by Gasteiger charge is -2.35. The van der Waals surface area contributed by atoms with E-state index in [1.807, 2.05) is 30.5 Å². The summed E-state index contributed by atoms with van der Waals surface area (Å²) >= 11 is 1.66. The molecule has 26 heavy (non-hydrogen) atoms. The number of rotatable bonds is 5. The van der Waals surface area contributed by atoms with Crippen LogP contribution in [0.25, 0.3) is 0 Å². The third-order valence-electron chi connectivity index (χ3n) is 5.33. The molecule has 0 unspecified atom stereocenters. The average Bonchev–Trinajstić information content (AvgIpc) is 2.69. The minimum Gasteiger partial charge on any atom is -0.342 e. The van der Waals surface area contributed by atoms with Crippen LogP contribution < -0.4 is 5.32 Å². The molecule has 0 bridgehead atoms. The van der Waals surface area contributed by atoms with E-state index in [0.717, 1.165) is 62.4 Å². The highest BCUT2D eigenvalue weighted by Gasteiger charge is 2.29. The van der Waals surface area contributed by atoms with E-state index < -0.39 is 0 Å². The highest BCUT2D eigenvalue weighted by molar-refractivity contribution is 7.98. The molecule has 2 fully saturated rings. The van der Waals surface area contributed by atoms with Crippen molar-refractivity contribution in [3.63, 3.8) is 0 Å². The number of likely N-dealkylation sites (tertiary alicyclic amines) is 2. The van der Waals surface area contributed by atoms with Gasteiger partial charge in [0.1, 0.15) is 0 Å². The van der Waals surface area contributed by atoms with Gasteiger partial charge in [0.05, 0.1) is 6.54 Å². The van der Waals surface area contributed by atoms with Crippen molar-refractivity contribution in [3.8, 4) is 0 Å². The number of thioether (sulfide) groups is 1. The number of carbonyl (C=O) groups excluding carboxylic acids is 2. The fourth-order valence-electron chi connectivity index (χ4n) is 3.81. The fourth-order valence-corrected chi connectivity index (χ4v) is 4.27. The number of carbonyl (C=O) groups is 2. The number of amides is 2. The zero-order chi connectivity index (χ0) is 18.4. The Morgan fingerprint density at radius 2 is 1.85 bits per heavy atom. The smallest absolute Gasteiger partial charge is 0.238 e. The second-order valence-corrected chi connectivity index (χ2v) is 8.10. The molecular weight excluding hydrogens is 346 g/mol. The molecule has 2 aliphatic heterocycles. The normalized spacial score (nSPS) is 19.3. The molecule has 2 saturated heterocycles. The van der Waals surface area contributed by atoms with Gasteiger partial charge < -0.3 is 10.2 Å². The Hall–Kier alpha value is -1.53. The third-order valence-corrected chi connectivity index (χ3v) is 6.05. The molecule has 0 radical (unpaired) electrons. The minimum atomic E-state index is 0.0176. The van der Waals surface area contributed by atoms with Crippen molar-refractivity contribution >= 4 is 29.3 Å². The van der Waals surface area contributed by atoms with Gasteiger partial charge in [-0.25, -0.2) is 0 Å². The predicted octanol–water partition coefficient (Wildman–Crippen LogP) is 3.07. The van der Waals surface area contributed by atoms with E-state index >= 15 is 0 Å². The first-order valence-corrected chi connectivity index (χ1v) is 10.8. The zero-order valence-corrected chi connectivity index (χ0v) is 16.4. The number of anilines is 1. The molecule has 3 rings (SSSR count). The molecule has 1 aromatic carbocycles. The fraction of sp³-hybridized carbons (Fsp3) is 0.600. The SMILES string of the molecule is CSc1cccc(NC(=O)CN2CCC(C(=O)N3CCCCC3)CC2)c1. The van der Waals surface area contributed by atoms with E-state index in [9.17, 15) is 9.59 Å². The van der Waals surface area contributed by atoms with Gasteiger partial charge in [-0.15, -0.1) is 11.8 Å². The van der Waals surface area contributed by atoms with Crippen molar-refractivity contribution in [2.45, 2.75) is 37.0 Å². The quantitative estimate of drug-likeness (QED) is 0.804. The Morgan fingerprint density at radius 1 is 1.12 bits per heavy atom. The molecule has 5 nitrogen and oxygen atoms in total. The molecule has 1 aromatic rings. The first kappa shape index (κ1) is 19.2. The monoisotopic (exact) mass is 375 g/mol. The second-order valence-electron chi connectivity index (χ2n) is 7.22. The molecule has 1 N–H and O–H groups in total. The molecule has 0 aromatic heterocycles. The maximum absolute atomic E-state index is 12.6. The largest absolute Gasteiger partial charge is 0.342 e. The summed E-state index contributed by atoms with van der Waals surface area (Å²) in [4.78, 5) is 30.3. The molecule has 2 heterocycles. The molecule has 0 saturated carbocycles.